The monoisotopic (exact) mass is 258 g/mol. The van der Waals surface area contributed by atoms with Crippen LogP contribution in [0.2, 0.25) is 0 Å². The Morgan fingerprint density at radius 1 is 1.42 bits per heavy atom. The van der Waals surface area contributed by atoms with Crippen molar-refractivity contribution in [2.75, 3.05) is 13.7 Å². The third-order valence-corrected chi connectivity index (χ3v) is 3.61. The fourth-order valence-corrected chi connectivity index (χ4v) is 2.60. The average molecular weight is 258 g/mol. The summed E-state index contributed by atoms with van der Waals surface area (Å²) in [6.45, 7) is 0.613. The molecule has 3 rings (SSSR count). The lowest BCUT2D eigenvalue weighted by molar-refractivity contribution is 0.370. The van der Waals surface area contributed by atoms with E-state index in [1.54, 1.807) is 7.11 Å². The maximum absolute atomic E-state index is 5.81. The van der Waals surface area contributed by atoms with E-state index < -0.39 is 0 Å². The summed E-state index contributed by atoms with van der Waals surface area (Å²) in [7, 11) is 1.66. The van der Waals surface area contributed by atoms with Gasteiger partial charge in [-0.2, -0.15) is 5.10 Å². The minimum absolute atomic E-state index is 0.278. The molecule has 1 aliphatic heterocycles. The molecule has 2 N–H and O–H groups in total. The number of fused-ring (bicyclic) bond motifs is 1. The van der Waals surface area contributed by atoms with Gasteiger partial charge in [0.2, 0.25) is 0 Å². The molecule has 100 valence electrons. The first-order chi connectivity index (χ1) is 9.33. The van der Waals surface area contributed by atoms with E-state index in [1.807, 2.05) is 28.9 Å². The zero-order chi connectivity index (χ0) is 13.2. The molecular weight excluding hydrogens is 240 g/mol. The normalized spacial score (nSPS) is 18.1. The van der Waals surface area contributed by atoms with Gasteiger partial charge in [0.05, 0.1) is 18.7 Å². The highest BCUT2D eigenvalue weighted by Crippen LogP contribution is 2.30. The first-order valence-electron chi connectivity index (χ1n) is 6.62. The molecule has 5 heteroatoms. The lowest BCUT2D eigenvalue weighted by Gasteiger charge is -2.21. The number of nitrogens with two attached hydrogens (primary N) is 1. The summed E-state index contributed by atoms with van der Waals surface area (Å²) in [5.41, 5.74) is 6.74. The summed E-state index contributed by atoms with van der Waals surface area (Å²) in [4.78, 5) is 4.64. The van der Waals surface area contributed by atoms with Gasteiger partial charge in [0.15, 0.2) is 5.82 Å². The number of methoxy groups -OCH3 is 1. The standard InChI is InChI=1S/C14H18N4O/c1-19-12-7-3-2-6-11(12)14-16-13-8-4-5-10(9-15)18(13)17-14/h2-3,6-7,10H,4-5,8-9,15H2,1H3. The number of para-hydroxylation sites is 1. The predicted molar refractivity (Wildman–Crippen MR) is 73.0 cm³/mol. The van der Waals surface area contributed by atoms with E-state index in [0.29, 0.717) is 6.54 Å². The van der Waals surface area contributed by atoms with E-state index in [1.165, 1.54) is 0 Å². The second-order valence-corrected chi connectivity index (χ2v) is 4.78. The highest BCUT2D eigenvalue weighted by Gasteiger charge is 2.23. The van der Waals surface area contributed by atoms with Gasteiger partial charge in [-0.15, -0.1) is 0 Å². The van der Waals surface area contributed by atoms with Gasteiger partial charge in [0.1, 0.15) is 11.6 Å². The van der Waals surface area contributed by atoms with Crippen molar-refractivity contribution in [3.63, 3.8) is 0 Å². The van der Waals surface area contributed by atoms with Crippen LogP contribution in [0.25, 0.3) is 11.4 Å². The van der Waals surface area contributed by atoms with E-state index in [9.17, 15) is 0 Å². The van der Waals surface area contributed by atoms with E-state index in [2.05, 4.69) is 10.1 Å². The zero-order valence-electron chi connectivity index (χ0n) is 11.0. The van der Waals surface area contributed by atoms with Crippen LogP contribution in [0.1, 0.15) is 24.7 Å². The number of rotatable bonds is 3. The Bertz CT molecular complexity index is 579. The second kappa shape index (κ2) is 5.01. The molecular formula is C14H18N4O. The van der Waals surface area contributed by atoms with Gasteiger partial charge in [0.25, 0.3) is 0 Å². The van der Waals surface area contributed by atoms with Crippen molar-refractivity contribution < 1.29 is 4.74 Å². The van der Waals surface area contributed by atoms with Gasteiger partial charge in [-0.25, -0.2) is 9.67 Å². The number of aromatic nitrogens is 3. The maximum Gasteiger partial charge on any atom is 0.185 e. The summed E-state index contributed by atoms with van der Waals surface area (Å²) in [6.07, 6.45) is 3.18. The molecule has 19 heavy (non-hydrogen) atoms. The molecule has 0 aliphatic carbocycles. The zero-order valence-corrected chi connectivity index (χ0v) is 11.0. The minimum atomic E-state index is 0.278. The summed E-state index contributed by atoms with van der Waals surface area (Å²) in [5, 5.41) is 4.63. The SMILES string of the molecule is COc1ccccc1-c1nc2n(n1)C(CN)CCC2. The first-order valence-corrected chi connectivity index (χ1v) is 6.62. The number of aryl methyl sites for hydroxylation is 1. The van der Waals surface area contributed by atoms with Crippen LogP contribution in [-0.2, 0) is 6.42 Å². The molecule has 2 heterocycles. The van der Waals surface area contributed by atoms with Crippen molar-refractivity contribution in [1.29, 1.82) is 0 Å². The fraction of sp³-hybridized carbons (Fsp3) is 0.429. The third-order valence-electron chi connectivity index (χ3n) is 3.61. The van der Waals surface area contributed by atoms with Crippen molar-refractivity contribution in [1.82, 2.24) is 14.8 Å². The number of ether oxygens (including phenoxy) is 1. The second-order valence-electron chi connectivity index (χ2n) is 4.78. The molecule has 1 aromatic carbocycles. The molecule has 5 nitrogen and oxygen atoms in total. The van der Waals surface area contributed by atoms with Gasteiger partial charge < -0.3 is 10.5 Å². The average Bonchev–Trinajstić information content (AvgIpc) is 2.90. The van der Waals surface area contributed by atoms with Crippen LogP contribution in [0.4, 0.5) is 0 Å². The molecule has 2 aromatic rings. The molecule has 0 spiro atoms. The Morgan fingerprint density at radius 3 is 3.05 bits per heavy atom. The molecule has 0 saturated heterocycles. The first kappa shape index (κ1) is 12.2. The topological polar surface area (TPSA) is 66.0 Å². The molecule has 1 atom stereocenters. The Balaban J connectivity index is 2.05. The van der Waals surface area contributed by atoms with Crippen LogP contribution in [0.5, 0.6) is 5.75 Å². The van der Waals surface area contributed by atoms with Gasteiger partial charge in [0, 0.05) is 13.0 Å². The fourth-order valence-electron chi connectivity index (χ4n) is 2.60. The molecule has 1 aliphatic rings. The predicted octanol–water partition coefficient (Wildman–Crippen LogP) is 1.79. The van der Waals surface area contributed by atoms with Crippen LogP contribution in [0.3, 0.4) is 0 Å². The highest BCUT2D eigenvalue weighted by molar-refractivity contribution is 5.63. The molecule has 0 saturated carbocycles. The van der Waals surface area contributed by atoms with Crippen LogP contribution in [0.15, 0.2) is 24.3 Å². The van der Waals surface area contributed by atoms with Crippen molar-refractivity contribution in [3.8, 4) is 17.1 Å². The van der Waals surface area contributed by atoms with E-state index in [-0.39, 0.29) is 6.04 Å². The molecule has 1 aromatic heterocycles. The molecule has 0 amide bonds. The summed E-state index contributed by atoms with van der Waals surface area (Å²) in [5.74, 6) is 2.56. The molecule has 0 radical (unpaired) electrons. The quantitative estimate of drug-likeness (QED) is 0.911. The van der Waals surface area contributed by atoms with E-state index >= 15 is 0 Å². The molecule has 0 bridgehead atoms. The van der Waals surface area contributed by atoms with Crippen molar-refractivity contribution >= 4 is 0 Å². The summed E-state index contributed by atoms with van der Waals surface area (Å²) < 4.78 is 7.36. The van der Waals surface area contributed by atoms with Crippen LogP contribution < -0.4 is 10.5 Å². The number of hydrogen-bond donors (Lipinski definition) is 1. The van der Waals surface area contributed by atoms with Crippen molar-refractivity contribution in [2.24, 2.45) is 5.73 Å². The van der Waals surface area contributed by atoms with Gasteiger partial charge >= 0.3 is 0 Å². The third kappa shape index (κ3) is 2.10. The van der Waals surface area contributed by atoms with E-state index in [0.717, 1.165) is 42.2 Å². The Morgan fingerprint density at radius 2 is 2.26 bits per heavy atom. The number of hydrogen-bond acceptors (Lipinski definition) is 4. The smallest absolute Gasteiger partial charge is 0.185 e. The number of benzene rings is 1. The van der Waals surface area contributed by atoms with Gasteiger partial charge in [-0.05, 0) is 25.0 Å². The van der Waals surface area contributed by atoms with Crippen LogP contribution in [-0.4, -0.2) is 28.4 Å². The lowest BCUT2D eigenvalue weighted by Crippen LogP contribution is -2.25. The summed E-state index contributed by atoms with van der Waals surface area (Å²) >= 11 is 0. The van der Waals surface area contributed by atoms with E-state index in [4.69, 9.17) is 10.5 Å². The van der Waals surface area contributed by atoms with Gasteiger partial charge in [-0.1, -0.05) is 12.1 Å². The largest absolute Gasteiger partial charge is 0.496 e. The van der Waals surface area contributed by atoms with Crippen LogP contribution >= 0.6 is 0 Å². The highest BCUT2D eigenvalue weighted by atomic mass is 16.5. The Kier molecular flexibility index (Phi) is 3.21. The summed E-state index contributed by atoms with van der Waals surface area (Å²) in [6, 6.07) is 8.10. The Labute approximate surface area is 112 Å². The Hall–Kier alpha value is -1.88. The minimum Gasteiger partial charge on any atom is -0.496 e. The molecule has 1 unspecified atom stereocenters. The van der Waals surface area contributed by atoms with Crippen molar-refractivity contribution in [2.45, 2.75) is 25.3 Å². The number of nitrogens with zero attached hydrogens (tertiary/aromatic N) is 3. The van der Waals surface area contributed by atoms with Crippen LogP contribution in [0, 0.1) is 0 Å². The van der Waals surface area contributed by atoms with Gasteiger partial charge in [-0.3, -0.25) is 0 Å². The lowest BCUT2D eigenvalue weighted by atomic mass is 10.1. The van der Waals surface area contributed by atoms with Crippen molar-refractivity contribution in [3.05, 3.63) is 30.1 Å². The molecule has 0 fully saturated rings. The maximum atomic E-state index is 5.81.